The summed E-state index contributed by atoms with van der Waals surface area (Å²) in [6, 6.07) is 10.8. The van der Waals surface area contributed by atoms with E-state index in [0.717, 1.165) is 10.4 Å². The van der Waals surface area contributed by atoms with Gasteiger partial charge < -0.3 is 11.1 Å². The van der Waals surface area contributed by atoms with Crippen LogP contribution in [0.15, 0.2) is 53.0 Å². The summed E-state index contributed by atoms with van der Waals surface area (Å²) in [5.41, 5.74) is 7.61. The lowest BCUT2D eigenvalue weighted by Crippen LogP contribution is -2.31. The molecule has 3 N–H and O–H groups in total. The van der Waals surface area contributed by atoms with E-state index in [1.807, 2.05) is 36.6 Å². The zero-order valence-corrected chi connectivity index (χ0v) is 14.8. The summed E-state index contributed by atoms with van der Waals surface area (Å²) in [6.07, 6.45) is 0. The zero-order chi connectivity index (χ0) is 17.6. The minimum Gasteiger partial charge on any atom is -0.366 e. The molecule has 4 rings (SSSR count). The molecule has 6 nitrogen and oxygen atoms in total. The van der Waals surface area contributed by atoms with Crippen LogP contribution in [-0.4, -0.2) is 20.7 Å². The van der Waals surface area contributed by atoms with Gasteiger partial charge in [0.25, 0.3) is 0 Å². The second-order valence-electron chi connectivity index (χ2n) is 5.66. The average Bonchev–Trinajstić information content (AvgIpc) is 3.22. The molecule has 2 aromatic heterocycles. The van der Waals surface area contributed by atoms with E-state index in [0.29, 0.717) is 28.1 Å². The van der Waals surface area contributed by atoms with Crippen LogP contribution in [0.5, 0.6) is 0 Å². The van der Waals surface area contributed by atoms with Crippen molar-refractivity contribution in [2.75, 3.05) is 5.32 Å². The van der Waals surface area contributed by atoms with Crippen molar-refractivity contribution >= 4 is 34.8 Å². The molecule has 0 spiro atoms. The number of nitrogens with one attached hydrogen (secondary N) is 1. The Bertz CT molecular complexity index is 992. The summed E-state index contributed by atoms with van der Waals surface area (Å²) in [5.74, 6) is 0.620. The maximum Gasteiger partial charge on any atom is 0.248 e. The SMILES string of the molecule is CC1=C(C(N)=O)[C@@H](c2cccs2)n2nc(-c3cccc(Cl)c3)nc2N1. The largest absolute Gasteiger partial charge is 0.366 e. The number of primary amides is 1. The highest BCUT2D eigenvalue weighted by molar-refractivity contribution is 7.10. The van der Waals surface area contributed by atoms with Crippen LogP contribution in [0.1, 0.15) is 17.8 Å². The number of allylic oxidation sites excluding steroid dienone is 1. The molecular formula is C17H14ClN5OS. The minimum absolute atomic E-state index is 0.394. The van der Waals surface area contributed by atoms with E-state index in [4.69, 9.17) is 17.3 Å². The van der Waals surface area contributed by atoms with Crippen molar-refractivity contribution < 1.29 is 4.79 Å². The Kier molecular flexibility index (Phi) is 3.82. The average molecular weight is 372 g/mol. The number of nitrogens with zero attached hydrogens (tertiary/aromatic N) is 3. The van der Waals surface area contributed by atoms with E-state index in [-0.39, 0.29) is 0 Å². The van der Waals surface area contributed by atoms with Crippen LogP contribution in [0.2, 0.25) is 5.02 Å². The van der Waals surface area contributed by atoms with Gasteiger partial charge in [-0.1, -0.05) is 29.8 Å². The molecule has 25 heavy (non-hydrogen) atoms. The molecule has 0 saturated heterocycles. The van der Waals surface area contributed by atoms with Gasteiger partial charge in [0.05, 0.1) is 5.57 Å². The number of carbonyl (C=O) groups is 1. The number of aromatic nitrogens is 3. The number of anilines is 1. The standard InChI is InChI=1S/C17H14ClN5OS/c1-9-13(15(19)24)14(12-6-3-7-25-12)23-17(20-9)21-16(22-23)10-4-2-5-11(18)8-10/h2-8,14H,1H3,(H2,19,24)(H,20,21,22)/t14-/m1/s1. The summed E-state index contributed by atoms with van der Waals surface area (Å²) in [4.78, 5) is 17.6. The number of fused-ring (bicyclic) bond motifs is 1. The van der Waals surface area contributed by atoms with Gasteiger partial charge in [-0.3, -0.25) is 4.79 Å². The van der Waals surface area contributed by atoms with E-state index < -0.39 is 11.9 Å². The number of carbonyl (C=O) groups excluding carboxylic acids is 1. The molecule has 1 aromatic carbocycles. The first-order valence-corrected chi connectivity index (χ1v) is 8.84. The van der Waals surface area contributed by atoms with Crippen LogP contribution in [0.4, 0.5) is 5.95 Å². The second-order valence-corrected chi connectivity index (χ2v) is 7.08. The molecule has 1 amide bonds. The van der Waals surface area contributed by atoms with Crippen molar-refractivity contribution in [1.82, 2.24) is 14.8 Å². The predicted molar refractivity (Wildman–Crippen MR) is 98.4 cm³/mol. The van der Waals surface area contributed by atoms with Crippen LogP contribution in [0, 0.1) is 0 Å². The fraction of sp³-hybridized carbons (Fsp3) is 0.118. The summed E-state index contributed by atoms with van der Waals surface area (Å²) < 4.78 is 1.70. The molecule has 8 heteroatoms. The number of thiophene rings is 1. The highest BCUT2D eigenvalue weighted by atomic mass is 35.5. The number of benzene rings is 1. The third kappa shape index (κ3) is 2.71. The van der Waals surface area contributed by atoms with Gasteiger partial charge in [0, 0.05) is 21.2 Å². The van der Waals surface area contributed by atoms with Crippen LogP contribution in [0.25, 0.3) is 11.4 Å². The number of nitrogens with two attached hydrogens (primary N) is 1. The van der Waals surface area contributed by atoms with Gasteiger partial charge >= 0.3 is 0 Å². The van der Waals surface area contributed by atoms with E-state index >= 15 is 0 Å². The minimum atomic E-state index is -0.478. The zero-order valence-electron chi connectivity index (χ0n) is 13.2. The van der Waals surface area contributed by atoms with Crippen molar-refractivity contribution in [3.63, 3.8) is 0 Å². The molecule has 3 heterocycles. The summed E-state index contributed by atoms with van der Waals surface area (Å²) in [6.45, 7) is 1.82. The molecule has 0 bridgehead atoms. The molecular weight excluding hydrogens is 358 g/mol. The molecule has 126 valence electrons. The topological polar surface area (TPSA) is 85.8 Å². The molecule has 3 aromatic rings. The maximum absolute atomic E-state index is 12.1. The van der Waals surface area contributed by atoms with Crippen LogP contribution in [-0.2, 0) is 4.79 Å². The van der Waals surface area contributed by atoms with Crippen molar-refractivity contribution in [2.24, 2.45) is 5.73 Å². The third-order valence-corrected chi connectivity index (χ3v) is 5.17. The van der Waals surface area contributed by atoms with Crippen molar-refractivity contribution in [3.8, 4) is 11.4 Å². The van der Waals surface area contributed by atoms with Crippen LogP contribution >= 0.6 is 22.9 Å². The van der Waals surface area contributed by atoms with Gasteiger partial charge in [-0.15, -0.1) is 16.4 Å². The van der Waals surface area contributed by atoms with E-state index in [1.54, 1.807) is 28.2 Å². The second kappa shape index (κ2) is 6.02. The first-order chi connectivity index (χ1) is 12.0. The molecule has 0 unspecified atom stereocenters. The van der Waals surface area contributed by atoms with Gasteiger partial charge in [-0.25, -0.2) is 4.68 Å². The predicted octanol–water partition coefficient (Wildman–Crippen LogP) is 3.43. The highest BCUT2D eigenvalue weighted by Gasteiger charge is 2.33. The first-order valence-electron chi connectivity index (χ1n) is 7.58. The van der Waals surface area contributed by atoms with E-state index in [9.17, 15) is 4.79 Å². The molecule has 0 aliphatic carbocycles. The van der Waals surface area contributed by atoms with Gasteiger partial charge in [-0.2, -0.15) is 4.98 Å². The smallest absolute Gasteiger partial charge is 0.248 e. The lowest BCUT2D eigenvalue weighted by molar-refractivity contribution is -0.115. The summed E-state index contributed by atoms with van der Waals surface area (Å²) >= 11 is 7.62. The van der Waals surface area contributed by atoms with Gasteiger partial charge in [-0.05, 0) is 30.5 Å². The lowest BCUT2D eigenvalue weighted by Gasteiger charge is -2.26. The molecule has 1 atom stereocenters. The molecule has 0 radical (unpaired) electrons. The van der Waals surface area contributed by atoms with Crippen molar-refractivity contribution in [3.05, 3.63) is 62.9 Å². The van der Waals surface area contributed by atoms with Crippen LogP contribution < -0.4 is 11.1 Å². The molecule has 0 fully saturated rings. The summed E-state index contributed by atoms with van der Waals surface area (Å²) in [7, 11) is 0. The van der Waals surface area contributed by atoms with Gasteiger partial charge in [0.15, 0.2) is 5.82 Å². The van der Waals surface area contributed by atoms with Crippen LogP contribution in [0.3, 0.4) is 0 Å². The Morgan fingerprint density at radius 3 is 2.88 bits per heavy atom. The number of amides is 1. The Balaban J connectivity index is 1.88. The molecule has 1 aliphatic heterocycles. The monoisotopic (exact) mass is 371 g/mol. The normalized spacial score (nSPS) is 16.5. The maximum atomic E-state index is 12.1. The van der Waals surface area contributed by atoms with Crippen molar-refractivity contribution in [1.29, 1.82) is 0 Å². The van der Waals surface area contributed by atoms with Crippen molar-refractivity contribution in [2.45, 2.75) is 13.0 Å². The molecule has 1 aliphatic rings. The summed E-state index contributed by atoms with van der Waals surface area (Å²) in [5, 5.41) is 10.3. The highest BCUT2D eigenvalue weighted by Crippen LogP contribution is 2.37. The van der Waals surface area contributed by atoms with E-state index in [2.05, 4.69) is 15.4 Å². The Labute approximate surface area is 152 Å². The number of halogens is 1. The fourth-order valence-corrected chi connectivity index (χ4v) is 3.94. The fourth-order valence-electron chi connectivity index (χ4n) is 2.93. The van der Waals surface area contributed by atoms with E-state index in [1.165, 1.54) is 0 Å². The van der Waals surface area contributed by atoms with Gasteiger partial charge in [0.1, 0.15) is 6.04 Å². The Morgan fingerprint density at radius 1 is 1.36 bits per heavy atom. The lowest BCUT2D eigenvalue weighted by atomic mass is 10.0. The number of hydrogen-bond acceptors (Lipinski definition) is 5. The number of hydrogen-bond donors (Lipinski definition) is 2. The molecule has 0 saturated carbocycles. The van der Waals surface area contributed by atoms with Gasteiger partial charge in [0.2, 0.25) is 11.9 Å². The number of rotatable bonds is 3. The first kappa shape index (κ1) is 15.9. The third-order valence-electron chi connectivity index (χ3n) is 4.01. The Hall–Kier alpha value is -2.64. The Morgan fingerprint density at radius 2 is 2.20 bits per heavy atom. The quantitative estimate of drug-likeness (QED) is 0.738.